The minimum absolute atomic E-state index is 0.0441. The second kappa shape index (κ2) is 10.7. The number of imide groups is 1. The van der Waals surface area contributed by atoms with Crippen LogP contribution in [0.3, 0.4) is 0 Å². The number of furan rings is 1. The molecule has 0 atom stereocenters. The summed E-state index contributed by atoms with van der Waals surface area (Å²) in [6, 6.07) is 13.1. The Kier molecular flexibility index (Phi) is 7.41. The number of halogens is 1. The number of esters is 1. The van der Waals surface area contributed by atoms with Crippen LogP contribution in [0, 0.1) is 10.1 Å². The first-order valence-corrected chi connectivity index (χ1v) is 11.6. The SMILES string of the molecule is COC(=O)c1cc(NC(=O)CN2C(=O)S/C(=C/c3ccc(-c4ccc([N+](=O)[O-])cc4)o3)C2=O)ccc1Cl. The molecule has 0 aliphatic carbocycles. The molecular formula is C24H16ClN3O8S. The maximum Gasteiger partial charge on any atom is 0.339 e. The van der Waals surface area contributed by atoms with E-state index in [1.54, 1.807) is 12.1 Å². The highest BCUT2D eigenvalue weighted by atomic mass is 35.5. The van der Waals surface area contributed by atoms with E-state index in [1.807, 2.05) is 0 Å². The fourth-order valence-electron chi connectivity index (χ4n) is 3.31. The van der Waals surface area contributed by atoms with Crippen molar-refractivity contribution in [3.8, 4) is 11.3 Å². The molecule has 11 nitrogen and oxygen atoms in total. The number of rotatable bonds is 7. The molecule has 1 N–H and O–H groups in total. The molecule has 1 saturated heterocycles. The van der Waals surface area contributed by atoms with E-state index in [0.717, 1.165) is 4.90 Å². The van der Waals surface area contributed by atoms with Gasteiger partial charge >= 0.3 is 5.97 Å². The lowest BCUT2D eigenvalue weighted by Gasteiger charge is -2.13. The lowest BCUT2D eigenvalue weighted by atomic mass is 10.1. The zero-order valence-corrected chi connectivity index (χ0v) is 20.5. The monoisotopic (exact) mass is 541 g/mol. The zero-order chi connectivity index (χ0) is 26.7. The molecule has 2 heterocycles. The smallest absolute Gasteiger partial charge is 0.339 e. The summed E-state index contributed by atoms with van der Waals surface area (Å²) in [5.41, 5.74) is 0.801. The van der Waals surface area contributed by atoms with Gasteiger partial charge in [0.15, 0.2) is 0 Å². The number of ether oxygens (including phenoxy) is 1. The van der Waals surface area contributed by atoms with Gasteiger partial charge in [0.1, 0.15) is 18.1 Å². The minimum Gasteiger partial charge on any atom is -0.465 e. The Hall–Kier alpha value is -4.42. The number of thioether (sulfide) groups is 1. The predicted molar refractivity (Wildman–Crippen MR) is 135 cm³/mol. The average Bonchev–Trinajstić information content (AvgIpc) is 3.45. The van der Waals surface area contributed by atoms with Gasteiger partial charge in [-0.3, -0.25) is 29.4 Å². The molecule has 0 bridgehead atoms. The van der Waals surface area contributed by atoms with E-state index < -0.39 is 34.5 Å². The summed E-state index contributed by atoms with van der Waals surface area (Å²) >= 11 is 6.62. The lowest BCUT2D eigenvalue weighted by Crippen LogP contribution is -2.36. The number of benzene rings is 2. The Morgan fingerprint density at radius 3 is 2.57 bits per heavy atom. The fraction of sp³-hybridized carbons (Fsp3) is 0.0833. The molecule has 0 spiro atoms. The van der Waals surface area contributed by atoms with E-state index in [0.29, 0.717) is 23.1 Å². The third kappa shape index (κ3) is 5.71. The highest BCUT2D eigenvalue weighted by Gasteiger charge is 2.36. The molecule has 1 aliphatic heterocycles. The minimum atomic E-state index is -0.688. The van der Waals surface area contributed by atoms with Gasteiger partial charge in [-0.25, -0.2) is 4.79 Å². The highest BCUT2D eigenvalue weighted by molar-refractivity contribution is 8.18. The van der Waals surface area contributed by atoms with E-state index in [-0.39, 0.29) is 32.6 Å². The molecule has 13 heteroatoms. The summed E-state index contributed by atoms with van der Waals surface area (Å²) < 4.78 is 10.3. The van der Waals surface area contributed by atoms with Crippen molar-refractivity contribution in [3.05, 3.63) is 86.0 Å². The van der Waals surface area contributed by atoms with Crippen LogP contribution in [0.4, 0.5) is 16.2 Å². The molecular weight excluding hydrogens is 526 g/mol. The fourth-order valence-corrected chi connectivity index (χ4v) is 4.33. The van der Waals surface area contributed by atoms with Crippen molar-refractivity contribution in [2.75, 3.05) is 19.0 Å². The van der Waals surface area contributed by atoms with Crippen molar-refractivity contribution in [1.82, 2.24) is 4.90 Å². The molecule has 4 rings (SSSR count). The maximum atomic E-state index is 12.8. The predicted octanol–water partition coefficient (Wildman–Crippen LogP) is 4.97. The number of nitrogens with zero attached hydrogens (tertiary/aromatic N) is 2. The first kappa shape index (κ1) is 25.7. The summed E-state index contributed by atoms with van der Waals surface area (Å²) in [4.78, 5) is 60.6. The summed E-state index contributed by atoms with van der Waals surface area (Å²) in [5.74, 6) is -1.34. The van der Waals surface area contributed by atoms with Gasteiger partial charge in [0.05, 0.1) is 27.5 Å². The van der Waals surface area contributed by atoms with E-state index in [1.165, 1.54) is 55.7 Å². The van der Waals surface area contributed by atoms with Crippen molar-refractivity contribution in [1.29, 1.82) is 0 Å². The number of nitro groups is 1. The van der Waals surface area contributed by atoms with Crippen molar-refractivity contribution in [2.45, 2.75) is 0 Å². The Morgan fingerprint density at radius 2 is 1.89 bits per heavy atom. The number of carbonyl (C=O) groups excluding carboxylic acids is 4. The number of carbonyl (C=O) groups is 4. The number of nitro benzene ring substituents is 1. The highest BCUT2D eigenvalue weighted by Crippen LogP contribution is 2.33. The van der Waals surface area contributed by atoms with Gasteiger partial charge in [0, 0.05) is 29.5 Å². The Labute approximate surface area is 218 Å². The quantitative estimate of drug-likeness (QED) is 0.189. The number of non-ortho nitro benzene ring substituents is 1. The first-order valence-electron chi connectivity index (χ1n) is 10.4. The lowest BCUT2D eigenvalue weighted by molar-refractivity contribution is -0.384. The average molecular weight is 542 g/mol. The molecule has 1 aliphatic rings. The number of anilines is 1. The number of nitrogens with one attached hydrogen (secondary N) is 1. The van der Waals surface area contributed by atoms with Crippen LogP contribution in [0.25, 0.3) is 17.4 Å². The van der Waals surface area contributed by atoms with Crippen LogP contribution in [0.5, 0.6) is 0 Å². The molecule has 37 heavy (non-hydrogen) atoms. The van der Waals surface area contributed by atoms with Gasteiger partial charge in [-0.05, 0) is 54.2 Å². The van der Waals surface area contributed by atoms with Crippen molar-refractivity contribution >= 4 is 63.8 Å². The second-order valence-electron chi connectivity index (χ2n) is 7.51. The normalized spacial score (nSPS) is 14.2. The van der Waals surface area contributed by atoms with Gasteiger partial charge in [-0.1, -0.05) is 11.6 Å². The van der Waals surface area contributed by atoms with Gasteiger partial charge in [0.25, 0.3) is 16.8 Å². The summed E-state index contributed by atoms with van der Waals surface area (Å²) in [6.07, 6.45) is 1.37. The number of hydrogen-bond donors (Lipinski definition) is 1. The molecule has 1 aromatic heterocycles. The first-order chi connectivity index (χ1) is 17.7. The third-order valence-corrected chi connectivity index (χ3v) is 6.33. The van der Waals surface area contributed by atoms with E-state index in [4.69, 9.17) is 16.0 Å². The number of amides is 3. The molecule has 188 valence electrons. The second-order valence-corrected chi connectivity index (χ2v) is 8.91. The molecule has 3 amide bonds. The zero-order valence-electron chi connectivity index (χ0n) is 18.9. The van der Waals surface area contributed by atoms with E-state index >= 15 is 0 Å². The van der Waals surface area contributed by atoms with Gasteiger partial charge < -0.3 is 14.5 Å². The van der Waals surface area contributed by atoms with Crippen LogP contribution in [-0.4, -0.2) is 46.5 Å². The van der Waals surface area contributed by atoms with Crippen LogP contribution in [0.2, 0.25) is 5.02 Å². The Bertz CT molecular complexity index is 1460. The van der Waals surface area contributed by atoms with E-state index in [9.17, 15) is 29.3 Å². The van der Waals surface area contributed by atoms with Crippen LogP contribution in [-0.2, 0) is 14.3 Å². The summed E-state index contributed by atoms with van der Waals surface area (Å²) in [5, 5.41) is 12.8. The summed E-state index contributed by atoms with van der Waals surface area (Å²) in [7, 11) is 1.19. The van der Waals surface area contributed by atoms with Crippen LogP contribution in [0.15, 0.2) is 63.9 Å². The number of methoxy groups -OCH3 is 1. The number of hydrogen-bond acceptors (Lipinski definition) is 9. The van der Waals surface area contributed by atoms with Crippen LogP contribution in [0.1, 0.15) is 16.1 Å². The molecule has 0 radical (unpaired) electrons. The maximum absolute atomic E-state index is 12.8. The Morgan fingerprint density at radius 1 is 1.16 bits per heavy atom. The van der Waals surface area contributed by atoms with Gasteiger partial charge in [0.2, 0.25) is 5.91 Å². The van der Waals surface area contributed by atoms with Crippen molar-refractivity contribution in [3.63, 3.8) is 0 Å². The Balaban J connectivity index is 1.43. The standard InChI is InChI=1S/C24H16ClN3O8S/c1-35-23(31)17-10-14(4-8-18(17)25)26-21(29)12-27-22(30)20(37-24(27)32)11-16-7-9-19(36-16)13-2-5-15(6-3-13)28(33)34/h2-11H,12H2,1H3,(H,26,29)/b20-11+. The molecule has 0 saturated carbocycles. The van der Waals surface area contributed by atoms with Crippen molar-refractivity contribution in [2.24, 2.45) is 0 Å². The summed E-state index contributed by atoms with van der Waals surface area (Å²) in [6.45, 7) is -0.551. The van der Waals surface area contributed by atoms with Crippen LogP contribution >= 0.6 is 23.4 Å². The van der Waals surface area contributed by atoms with Gasteiger partial charge in [-0.15, -0.1) is 0 Å². The molecule has 2 aromatic carbocycles. The molecule has 3 aromatic rings. The van der Waals surface area contributed by atoms with Crippen molar-refractivity contribution < 1.29 is 33.3 Å². The van der Waals surface area contributed by atoms with Gasteiger partial charge in [-0.2, -0.15) is 0 Å². The largest absolute Gasteiger partial charge is 0.465 e. The third-order valence-electron chi connectivity index (χ3n) is 5.09. The van der Waals surface area contributed by atoms with Crippen LogP contribution < -0.4 is 5.32 Å². The molecule has 1 fully saturated rings. The van der Waals surface area contributed by atoms with E-state index in [2.05, 4.69) is 10.1 Å². The molecule has 0 unspecified atom stereocenters. The topological polar surface area (TPSA) is 149 Å².